The zero-order valence-electron chi connectivity index (χ0n) is 11.5. The van der Waals surface area contributed by atoms with Crippen molar-refractivity contribution in [3.63, 3.8) is 0 Å². The maximum atomic E-state index is 12.8. The molecule has 0 unspecified atom stereocenters. The van der Waals surface area contributed by atoms with Crippen molar-refractivity contribution in [3.8, 4) is 17.6 Å². The average Bonchev–Trinajstić information content (AvgIpc) is 3.02. The Bertz CT molecular complexity index is 783. The third-order valence-corrected chi connectivity index (χ3v) is 2.62. The van der Waals surface area contributed by atoms with Crippen LogP contribution in [0.15, 0.2) is 53.0 Å². The molecule has 2 aromatic rings. The minimum atomic E-state index is -0.471. The summed E-state index contributed by atoms with van der Waals surface area (Å²) in [5.41, 5.74) is 0.894. The average molecular weight is 300 g/mol. The first kappa shape index (κ1) is 15.3. The molecule has 2 heterocycles. The van der Waals surface area contributed by atoms with Crippen LogP contribution in [0.25, 0.3) is 17.1 Å². The molecule has 0 aromatic carbocycles. The van der Waals surface area contributed by atoms with E-state index >= 15 is 0 Å². The summed E-state index contributed by atoms with van der Waals surface area (Å²) in [7, 11) is 0. The Kier molecular flexibility index (Phi) is 4.88. The monoisotopic (exact) mass is 300 g/mol. The van der Waals surface area contributed by atoms with Crippen LogP contribution in [0.4, 0.5) is 8.78 Å². The van der Waals surface area contributed by atoms with Crippen LogP contribution in [0, 0.1) is 17.1 Å². The van der Waals surface area contributed by atoms with Crippen LogP contribution >= 0.6 is 0 Å². The Hall–Kier alpha value is -3.14. The molecule has 2 rings (SSSR count). The molecule has 5 nitrogen and oxygen atoms in total. The second kappa shape index (κ2) is 7.04. The number of rotatable bonds is 4. The number of nitrogens with zero attached hydrogens (tertiary/aromatic N) is 4. The normalized spacial score (nSPS) is 12.6. The highest BCUT2D eigenvalue weighted by molar-refractivity contribution is 5.71. The topological polar surface area (TPSA) is 75.6 Å². The molecule has 110 valence electrons. The van der Waals surface area contributed by atoms with E-state index < -0.39 is 5.82 Å². The molecule has 0 bridgehead atoms. The lowest BCUT2D eigenvalue weighted by atomic mass is 10.1. The first-order valence-electron chi connectivity index (χ1n) is 6.18. The molecule has 22 heavy (non-hydrogen) atoms. The van der Waals surface area contributed by atoms with Gasteiger partial charge in [0.1, 0.15) is 11.5 Å². The Balaban J connectivity index is 2.34. The minimum Gasteiger partial charge on any atom is -0.334 e. The van der Waals surface area contributed by atoms with Crippen LogP contribution in [0.1, 0.15) is 12.8 Å². The summed E-state index contributed by atoms with van der Waals surface area (Å²) in [5.74, 6) is -0.146. The second-order valence-electron chi connectivity index (χ2n) is 4.03. The smallest absolute Gasteiger partial charge is 0.257 e. The largest absolute Gasteiger partial charge is 0.334 e. The van der Waals surface area contributed by atoms with Crippen molar-refractivity contribution in [2.75, 3.05) is 0 Å². The summed E-state index contributed by atoms with van der Waals surface area (Å²) in [4.78, 5) is 7.97. The van der Waals surface area contributed by atoms with Gasteiger partial charge in [0.25, 0.3) is 5.89 Å². The van der Waals surface area contributed by atoms with Crippen molar-refractivity contribution in [2.45, 2.75) is 6.92 Å². The highest BCUT2D eigenvalue weighted by Crippen LogP contribution is 2.20. The van der Waals surface area contributed by atoms with Gasteiger partial charge in [-0.25, -0.2) is 13.8 Å². The van der Waals surface area contributed by atoms with Gasteiger partial charge in [-0.15, -0.1) is 0 Å². The van der Waals surface area contributed by atoms with Gasteiger partial charge in [-0.05, 0) is 31.2 Å². The maximum absolute atomic E-state index is 12.8. The molecular formula is C15H10F2N4O. The summed E-state index contributed by atoms with van der Waals surface area (Å²) in [5, 5.41) is 12.6. The second-order valence-corrected chi connectivity index (χ2v) is 4.03. The molecule has 0 fully saturated rings. The zero-order valence-corrected chi connectivity index (χ0v) is 11.5. The van der Waals surface area contributed by atoms with E-state index in [-0.39, 0.29) is 23.6 Å². The van der Waals surface area contributed by atoms with Crippen molar-refractivity contribution < 1.29 is 13.3 Å². The fourth-order valence-corrected chi connectivity index (χ4v) is 1.57. The van der Waals surface area contributed by atoms with Crippen LogP contribution in [0.2, 0.25) is 0 Å². The first-order chi connectivity index (χ1) is 10.7. The number of allylic oxidation sites excluding steroid dienone is 5. The van der Waals surface area contributed by atoms with Crippen molar-refractivity contribution >= 4 is 5.57 Å². The molecule has 0 N–H and O–H groups in total. The fourth-order valence-electron chi connectivity index (χ4n) is 1.57. The van der Waals surface area contributed by atoms with Crippen LogP contribution in [0.3, 0.4) is 0 Å². The Morgan fingerprint density at radius 2 is 2.23 bits per heavy atom. The number of aromatic nitrogens is 3. The van der Waals surface area contributed by atoms with Crippen molar-refractivity contribution in [1.82, 2.24) is 15.1 Å². The number of hydrogen-bond acceptors (Lipinski definition) is 5. The van der Waals surface area contributed by atoms with E-state index in [1.165, 1.54) is 18.2 Å². The van der Waals surface area contributed by atoms with Gasteiger partial charge in [0.2, 0.25) is 5.82 Å². The number of nitriles is 1. The molecule has 0 saturated carbocycles. The fraction of sp³-hybridized carbons (Fsp3) is 0.0667. The van der Waals surface area contributed by atoms with Crippen LogP contribution in [-0.2, 0) is 0 Å². The molecular weight excluding hydrogens is 290 g/mol. The number of halogens is 2. The van der Waals surface area contributed by atoms with Gasteiger partial charge in [-0.3, -0.25) is 0 Å². The molecule has 0 atom stereocenters. The van der Waals surface area contributed by atoms with E-state index in [2.05, 4.69) is 15.1 Å². The van der Waals surface area contributed by atoms with Crippen molar-refractivity contribution in [3.05, 3.63) is 60.2 Å². The van der Waals surface area contributed by atoms with Gasteiger partial charge in [0.05, 0.1) is 24.2 Å². The molecule has 0 aliphatic rings. The van der Waals surface area contributed by atoms with Crippen LogP contribution in [0.5, 0.6) is 0 Å². The highest BCUT2D eigenvalue weighted by Gasteiger charge is 2.12. The first-order valence-corrected chi connectivity index (χ1v) is 6.18. The maximum Gasteiger partial charge on any atom is 0.257 e. The molecule has 0 aliphatic heterocycles. The standard InChI is InChI=1S/C15H10F2N4O/c1-2-11(7-10(8-18)5-6-16)15-20-14(21-22-15)13-4-3-12(17)9-19-13/h2-7,9H,1H3/b6-5+,10-7+,11-2+. The SMILES string of the molecule is C\C=C(/C=C(C#N)\C=C\F)c1nc(-c2ccc(F)cn2)no1. The molecule has 2 aromatic heterocycles. The van der Waals surface area contributed by atoms with Crippen molar-refractivity contribution in [1.29, 1.82) is 5.26 Å². The quantitative estimate of drug-likeness (QED) is 0.637. The Morgan fingerprint density at radius 1 is 1.41 bits per heavy atom. The van der Waals surface area contributed by atoms with Gasteiger partial charge in [-0.2, -0.15) is 10.2 Å². The van der Waals surface area contributed by atoms with E-state index in [4.69, 9.17) is 9.78 Å². The summed E-state index contributed by atoms with van der Waals surface area (Å²) in [6.45, 7) is 1.71. The third-order valence-electron chi connectivity index (χ3n) is 2.62. The van der Waals surface area contributed by atoms with Crippen LogP contribution < -0.4 is 0 Å². The van der Waals surface area contributed by atoms with E-state index in [0.717, 1.165) is 12.3 Å². The lowest BCUT2D eigenvalue weighted by molar-refractivity contribution is 0.409. The van der Waals surface area contributed by atoms with Gasteiger partial charge >= 0.3 is 0 Å². The Morgan fingerprint density at radius 3 is 2.82 bits per heavy atom. The predicted molar refractivity (Wildman–Crippen MR) is 75.1 cm³/mol. The van der Waals surface area contributed by atoms with E-state index in [0.29, 0.717) is 11.3 Å². The molecule has 0 aliphatic carbocycles. The molecule has 0 radical (unpaired) electrons. The lowest BCUT2D eigenvalue weighted by Crippen LogP contribution is -1.87. The van der Waals surface area contributed by atoms with Gasteiger partial charge in [-0.1, -0.05) is 11.2 Å². The summed E-state index contributed by atoms with van der Waals surface area (Å²) >= 11 is 0. The lowest BCUT2D eigenvalue weighted by Gasteiger charge is -1.94. The highest BCUT2D eigenvalue weighted by atomic mass is 19.1. The summed E-state index contributed by atoms with van der Waals surface area (Å²) in [6, 6.07) is 4.48. The van der Waals surface area contributed by atoms with E-state index in [9.17, 15) is 8.78 Å². The molecule has 7 heteroatoms. The number of hydrogen-bond donors (Lipinski definition) is 0. The summed E-state index contributed by atoms with van der Waals surface area (Å²) in [6.07, 6.45) is 5.37. The van der Waals surface area contributed by atoms with Crippen LogP contribution in [-0.4, -0.2) is 15.1 Å². The molecule has 0 spiro atoms. The number of pyridine rings is 1. The third kappa shape index (κ3) is 3.49. The summed E-state index contributed by atoms with van der Waals surface area (Å²) < 4.78 is 30.1. The molecule has 0 saturated heterocycles. The van der Waals surface area contributed by atoms with Crippen molar-refractivity contribution in [2.24, 2.45) is 0 Å². The van der Waals surface area contributed by atoms with Gasteiger partial charge in [0, 0.05) is 5.57 Å². The van der Waals surface area contributed by atoms with E-state index in [1.807, 2.05) is 6.07 Å². The van der Waals surface area contributed by atoms with E-state index in [1.54, 1.807) is 13.0 Å². The predicted octanol–water partition coefficient (Wildman–Crippen LogP) is 3.61. The molecule has 0 amide bonds. The zero-order chi connectivity index (χ0) is 15.9. The van der Waals surface area contributed by atoms with Gasteiger partial charge < -0.3 is 4.52 Å². The van der Waals surface area contributed by atoms with Gasteiger partial charge in [0.15, 0.2) is 0 Å². The minimum absolute atomic E-state index is 0.0928. The Labute approximate surface area is 124 Å².